The number of carbonyl (C=O) groups excluding carboxylic acids is 2. The molecule has 0 saturated carbocycles. The van der Waals surface area contributed by atoms with Gasteiger partial charge in [-0.05, 0) is 48.8 Å². The number of rotatable bonds is 6. The number of fused-ring (bicyclic) bond motifs is 1. The second-order valence-electron chi connectivity index (χ2n) is 6.55. The summed E-state index contributed by atoms with van der Waals surface area (Å²) in [6.07, 6.45) is 4.05. The number of hydrogen-bond donors (Lipinski definition) is 2. The van der Waals surface area contributed by atoms with E-state index in [0.717, 1.165) is 30.4 Å². The van der Waals surface area contributed by atoms with E-state index in [1.54, 1.807) is 0 Å². The Morgan fingerprint density at radius 3 is 2.46 bits per heavy atom. The van der Waals surface area contributed by atoms with Crippen LogP contribution in [0, 0.1) is 0 Å². The number of nitrogens with zero attached hydrogens (tertiary/aromatic N) is 1. The van der Waals surface area contributed by atoms with Crippen molar-refractivity contribution in [2.75, 3.05) is 26.2 Å². The molecule has 0 atom stereocenters. The third-order valence-corrected chi connectivity index (χ3v) is 4.54. The van der Waals surface area contributed by atoms with E-state index in [1.807, 2.05) is 42.5 Å². The van der Waals surface area contributed by atoms with Crippen LogP contribution in [0.25, 0.3) is 10.8 Å². The van der Waals surface area contributed by atoms with Crippen LogP contribution in [0.15, 0.2) is 42.5 Å². The van der Waals surface area contributed by atoms with Gasteiger partial charge < -0.3 is 9.64 Å². The fraction of sp³-hybridized carbons (Fsp3) is 0.400. The molecule has 6 nitrogen and oxygen atoms in total. The van der Waals surface area contributed by atoms with Gasteiger partial charge in [0.25, 0.3) is 5.91 Å². The molecule has 2 aromatic carbocycles. The summed E-state index contributed by atoms with van der Waals surface area (Å²) in [5.74, 6) is 0.0504. The molecule has 1 aliphatic heterocycles. The van der Waals surface area contributed by atoms with E-state index in [4.69, 9.17) is 4.74 Å². The molecule has 1 fully saturated rings. The summed E-state index contributed by atoms with van der Waals surface area (Å²) < 4.78 is 5.49. The van der Waals surface area contributed by atoms with E-state index in [0.29, 0.717) is 12.2 Å². The molecule has 0 radical (unpaired) electrons. The van der Waals surface area contributed by atoms with Crippen molar-refractivity contribution < 1.29 is 14.3 Å². The molecule has 6 heteroatoms. The summed E-state index contributed by atoms with van der Waals surface area (Å²) in [6, 6.07) is 13.6. The molecule has 26 heavy (non-hydrogen) atoms. The molecular weight excluding hydrogens is 330 g/mol. The summed E-state index contributed by atoms with van der Waals surface area (Å²) in [4.78, 5) is 25.9. The normalized spacial score (nSPS) is 14.8. The third kappa shape index (κ3) is 5.46. The Labute approximate surface area is 153 Å². The Hall–Kier alpha value is -2.60. The van der Waals surface area contributed by atoms with Crippen molar-refractivity contribution in [3.05, 3.63) is 42.5 Å². The largest absolute Gasteiger partial charge is 0.484 e. The molecule has 0 bridgehead atoms. The zero-order valence-corrected chi connectivity index (χ0v) is 14.9. The highest BCUT2D eigenvalue weighted by Gasteiger charge is 2.12. The topological polar surface area (TPSA) is 70.7 Å². The van der Waals surface area contributed by atoms with Crippen molar-refractivity contribution in [3.8, 4) is 5.75 Å². The number of likely N-dealkylation sites (tertiary alicyclic amines) is 1. The van der Waals surface area contributed by atoms with E-state index >= 15 is 0 Å². The zero-order valence-electron chi connectivity index (χ0n) is 14.9. The number of ether oxygens (including phenoxy) is 1. The van der Waals surface area contributed by atoms with Gasteiger partial charge in [-0.1, -0.05) is 36.8 Å². The molecular formula is C20H25N3O3. The maximum absolute atomic E-state index is 11.8. The summed E-state index contributed by atoms with van der Waals surface area (Å²) in [6.45, 7) is 2.69. The molecule has 1 heterocycles. The molecule has 2 amide bonds. The molecule has 2 N–H and O–H groups in total. The molecule has 3 rings (SSSR count). The van der Waals surface area contributed by atoms with Crippen molar-refractivity contribution in [3.63, 3.8) is 0 Å². The number of nitrogens with one attached hydrogen (secondary N) is 2. The number of carbonyl (C=O) groups is 2. The van der Waals surface area contributed by atoms with Crippen LogP contribution in [-0.2, 0) is 9.59 Å². The van der Waals surface area contributed by atoms with Crippen molar-refractivity contribution in [1.82, 2.24) is 15.8 Å². The quantitative estimate of drug-likeness (QED) is 0.780. The number of benzene rings is 2. The van der Waals surface area contributed by atoms with E-state index in [2.05, 4.69) is 15.8 Å². The molecule has 0 unspecified atom stereocenters. The van der Waals surface area contributed by atoms with Crippen LogP contribution in [-0.4, -0.2) is 43.0 Å². The summed E-state index contributed by atoms with van der Waals surface area (Å²) >= 11 is 0. The number of amides is 2. The lowest BCUT2D eigenvalue weighted by molar-refractivity contribution is -0.130. The Morgan fingerprint density at radius 2 is 1.65 bits per heavy atom. The number of hydrazine groups is 1. The van der Waals surface area contributed by atoms with E-state index in [-0.39, 0.29) is 18.4 Å². The zero-order chi connectivity index (χ0) is 18.2. The second kappa shape index (κ2) is 9.20. The minimum atomic E-state index is -0.385. The van der Waals surface area contributed by atoms with Crippen molar-refractivity contribution in [2.24, 2.45) is 0 Å². The van der Waals surface area contributed by atoms with Gasteiger partial charge in [-0.3, -0.25) is 20.4 Å². The third-order valence-electron chi connectivity index (χ3n) is 4.54. The first kappa shape index (κ1) is 18.2. The van der Waals surface area contributed by atoms with Crippen LogP contribution in [0.4, 0.5) is 0 Å². The average molecular weight is 355 g/mol. The van der Waals surface area contributed by atoms with Gasteiger partial charge in [0.05, 0.1) is 0 Å². The van der Waals surface area contributed by atoms with Crippen LogP contribution >= 0.6 is 0 Å². The van der Waals surface area contributed by atoms with Crippen LogP contribution in [0.3, 0.4) is 0 Å². The van der Waals surface area contributed by atoms with E-state index in [9.17, 15) is 9.59 Å². The predicted molar refractivity (Wildman–Crippen MR) is 101 cm³/mol. The molecule has 0 aliphatic carbocycles. The minimum Gasteiger partial charge on any atom is -0.484 e. The lowest BCUT2D eigenvalue weighted by atomic mass is 10.1. The van der Waals surface area contributed by atoms with Crippen molar-refractivity contribution >= 4 is 22.6 Å². The molecule has 0 spiro atoms. The van der Waals surface area contributed by atoms with Crippen LogP contribution in [0.5, 0.6) is 5.75 Å². The second-order valence-corrected chi connectivity index (χ2v) is 6.55. The number of hydrogen-bond acceptors (Lipinski definition) is 4. The van der Waals surface area contributed by atoms with Gasteiger partial charge in [0, 0.05) is 13.0 Å². The predicted octanol–water partition coefficient (Wildman–Crippen LogP) is 2.24. The van der Waals surface area contributed by atoms with Gasteiger partial charge in [0.1, 0.15) is 5.75 Å². The smallest absolute Gasteiger partial charge is 0.276 e. The van der Waals surface area contributed by atoms with Gasteiger partial charge in [-0.25, -0.2) is 0 Å². The Kier molecular flexibility index (Phi) is 6.44. The van der Waals surface area contributed by atoms with E-state index in [1.165, 1.54) is 19.3 Å². The molecule has 1 aliphatic rings. The molecule has 1 saturated heterocycles. The first-order valence-electron chi connectivity index (χ1n) is 9.12. The van der Waals surface area contributed by atoms with Crippen LogP contribution in [0.2, 0.25) is 0 Å². The van der Waals surface area contributed by atoms with Crippen molar-refractivity contribution in [1.29, 1.82) is 0 Å². The molecule has 138 valence electrons. The SMILES string of the molecule is O=C(CCN1CCCCC1)NNC(=O)COc1ccc2ccccc2c1. The summed E-state index contributed by atoms with van der Waals surface area (Å²) in [7, 11) is 0. The van der Waals surface area contributed by atoms with Gasteiger partial charge in [0.15, 0.2) is 6.61 Å². The maximum Gasteiger partial charge on any atom is 0.276 e. The Bertz CT molecular complexity index is 757. The first-order valence-corrected chi connectivity index (χ1v) is 9.12. The fourth-order valence-electron chi connectivity index (χ4n) is 3.09. The molecule has 0 aromatic heterocycles. The van der Waals surface area contributed by atoms with Crippen LogP contribution < -0.4 is 15.6 Å². The lowest BCUT2D eigenvalue weighted by Crippen LogP contribution is -2.45. The standard InChI is InChI=1S/C20H25N3O3/c24-19(10-13-23-11-4-1-5-12-23)21-22-20(25)15-26-18-9-8-16-6-2-3-7-17(16)14-18/h2-3,6-9,14H,1,4-5,10-13,15H2,(H,21,24)(H,22,25). The summed E-state index contributed by atoms with van der Waals surface area (Å²) in [5.41, 5.74) is 4.84. The highest BCUT2D eigenvalue weighted by Crippen LogP contribution is 2.20. The van der Waals surface area contributed by atoms with Gasteiger partial charge in [-0.2, -0.15) is 0 Å². The highest BCUT2D eigenvalue weighted by atomic mass is 16.5. The lowest BCUT2D eigenvalue weighted by Gasteiger charge is -2.25. The highest BCUT2D eigenvalue weighted by molar-refractivity contribution is 5.84. The van der Waals surface area contributed by atoms with Gasteiger partial charge in [-0.15, -0.1) is 0 Å². The molecule has 2 aromatic rings. The first-order chi connectivity index (χ1) is 12.7. The average Bonchev–Trinajstić information content (AvgIpc) is 2.69. The fourth-order valence-corrected chi connectivity index (χ4v) is 3.09. The monoisotopic (exact) mass is 355 g/mol. The maximum atomic E-state index is 11.8. The van der Waals surface area contributed by atoms with Crippen LogP contribution in [0.1, 0.15) is 25.7 Å². The van der Waals surface area contributed by atoms with Gasteiger partial charge in [0.2, 0.25) is 5.91 Å². The number of piperidine rings is 1. The van der Waals surface area contributed by atoms with E-state index < -0.39 is 0 Å². The minimum absolute atomic E-state index is 0.148. The Balaban J connectivity index is 1.36. The van der Waals surface area contributed by atoms with Gasteiger partial charge >= 0.3 is 0 Å². The Morgan fingerprint density at radius 1 is 0.923 bits per heavy atom. The van der Waals surface area contributed by atoms with Crippen molar-refractivity contribution in [2.45, 2.75) is 25.7 Å². The summed E-state index contributed by atoms with van der Waals surface area (Å²) in [5, 5.41) is 2.17.